The molecule has 1 saturated heterocycles. The van der Waals surface area contributed by atoms with Crippen LogP contribution in [0.5, 0.6) is 5.75 Å². The molecule has 1 heterocycles. The fraction of sp³-hybridized carbons (Fsp3) is 0.529. The van der Waals surface area contributed by atoms with E-state index >= 15 is 0 Å². The molecule has 1 aliphatic heterocycles. The van der Waals surface area contributed by atoms with Gasteiger partial charge in [0.05, 0.1) is 0 Å². The Morgan fingerprint density at radius 1 is 1.14 bits per heavy atom. The predicted octanol–water partition coefficient (Wildman–Crippen LogP) is 2.77. The first-order valence-electron chi connectivity index (χ1n) is 7.47. The molecule has 4 nitrogen and oxygen atoms in total. The lowest BCUT2D eigenvalue weighted by atomic mass is 9.92. The highest BCUT2D eigenvalue weighted by Gasteiger charge is 2.25. The monoisotopic (exact) mass is 289 g/mol. The Hall–Kier alpha value is -1.84. The number of nitrogens with zero attached hydrogens (tertiary/aromatic N) is 1. The van der Waals surface area contributed by atoms with Gasteiger partial charge in [0.1, 0.15) is 5.75 Å². The van der Waals surface area contributed by atoms with Crippen molar-refractivity contribution in [1.82, 2.24) is 4.90 Å². The van der Waals surface area contributed by atoms with Gasteiger partial charge >= 0.3 is 0 Å². The summed E-state index contributed by atoms with van der Waals surface area (Å²) in [5, 5.41) is 0. The Bertz CT molecular complexity index is 499. The maximum atomic E-state index is 12.2. The topological polar surface area (TPSA) is 46.6 Å². The van der Waals surface area contributed by atoms with Gasteiger partial charge in [0.2, 0.25) is 0 Å². The minimum atomic E-state index is 0.0221. The number of hydrogen-bond acceptors (Lipinski definition) is 3. The molecule has 0 bridgehead atoms. The predicted molar refractivity (Wildman–Crippen MR) is 81.5 cm³/mol. The Morgan fingerprint density at radius 2 is 1.71 bits per heavy atom. The van der Waals surface area contributed by atoms with Gasteiger partial charge in [0.25, 0.3) is 5.91 Å². The van der Waals surface area contributed by atoms with E-state index in [9.17, 15) is 9.59 Å². The Balaban J connectivity index is 1.87. The highest BCUT2D eigenvalue weighted by Crippen LogP contribution is 2.21. The third kappa shape index (κ3) is 4.31. The van der Waals surface area contributed by atoms with Crippen LogP contribution in [0, 0.1) is 11.8 Å². The first kappa shape index (κ1) is 15.5. The lowest BCUT2D eigenvalue weighted by molar-refractivity contribution is -0.136. The summed E-state index contributed by atoms with van der Waals surface area (Å²) in [6.07, 6.45) is 1.18. The standard InChI is InChI=1S/C17H23NO3/c1-12-8-13(2)10-18(9-12)17(20)11-21-16-6-4-15(5-7-16)14(3)19/h4-7,12-13H,8-11H2,1-3H3/t12-,13-/m1/s1. The molecule has 0 aliphatic carbocycles. The zero-order valence-corrected chi connectivity index (χ0v) is 13.0. The van der Waals surface area contributed by atoms with Gasteiger partial charge in [-0.25, -0.2) is 0 Å². The lowest BCUT2D eigenvalue weighted by Gasteiger charge is -2.34. The molecule has 0 N–H and O–H groups in total. The normalized spacial score (nSPS) is 22.0. The second kappa shape index (κ2) is 6.74. The van der Waals surface area contributed by atoms with Gasteiger partial charge in [-0.15, -0.1) is 0 Å². The molecule has 0 radical (unpaired) electrons. The van der Waals surface area contributed by atoms with E-state index in [-0.39, 0.29) is 18.3 Å². The summed E-state index contributed by atoms with van der Waals surface area (Å²) in [4.78, 5) is 25.3. The number of ketones is 1. The van der Waals surface area contributed by atoms with E-state index in [0.29, 0.717) is 23.1 Å². The number of carbonyl (C=O) groups is 2. The van der Waals surface area contributed by atoms with E-state index in [1.807, 2.05) is 4.90 Å². The maximum absolute atomic E-state index is 12.2. The summed E-state index contributed by atoms with van der Waals surface area (Å²) in [5.41, 5.74) is 0.646. The molecule has 1 fully saturated rings. The molecule has 0 saturated carbocycles. The van der Waals surface area contributed by atoms with E-state index in [1.54, 1.807) is 24.3 Å². The average molecular weight is 289 g/mol. The zero-order chi connectivity index (χ0) is 15.4. The van der Waals surface area contributed by atoms with Gasteiger partial charge in [0, 0.05) is 18.7 Å². The van der Waals surface area contributed by atoms with Crippen LogP contribution in [0.1, 0.15) is 37.6 Å². The van der Waals surface area contributed by atoms with Crippen LogP contribution in [0.25, 0.3) is 0 Å². The molecular weight excluding hydrogens is 266 g/mol. The molecule has 1 aromatic carbocycles. The zero-order valence-electron chi connectivity index (χ0n) is 13.0. The van der Waals surface area contributed by atoms with E-state index < -0.39 is 0 Å². The third-order valence-corrected chi connectivity index (χ3v) is 3.84. The minimum absolute atomic E-state index is 0.0221. The number of ether oxygens (including phenoxy) is 1. The number of likely N-dealkylation sites (tertiary alicyclic amines) is 1. The quantitative estimate of drug-likeness (QED) is 0.801. The number of carbonyl (C=O) groups excluding carboxylic acids is 2. The van der Waals surface area contributed by atoms with Crippen LogP contribution in [-0.2, 0) is 4.79 Å². The van der Waals surface area contributed by atoms with Crippen molar-refractivity contribution < 1.29 is 14.3 Å². The van der Waals surface area contributed by atoms with Crippen LogP contribution in [-0.4, -0.2) is 36.3 Å². The van der Waals surface area contributed by atoms with E-state index in [0.717, 1.165) is 13.1 Å². The molecule has 0 unspecified atom stereocenters. The molecule has 0 aromatic heterocycles. The van der Waals surface area contributed by atoms with Gasteiger partial charge in [-0.1, -0.05) is 13.8 Å². The number of piperidine rings is 1. The second-order valence-corrected chi connectivity index (χ2v) is 6.11. The van der Waals surface area contributed by atoms with Crippen molar-refractivity contribution in [2.45, 2.75) is 27.2 Å². The lowest BCUT2D eigenvalue weighted by Crippen LogP contribution is -2.44. The number of rotatable bonds is 4. The number of Topliss-reactive ketones (excluding diaryl/α,β-unsaturated/α-hetero) is 1. The van der Waals surface area contributed by atoms with Crippen molar-refractivity contribution >= 4 is 11.7 Å². The highest BCUT2D eigenvalue weighted by molar-refractivity contribution is 5.94. The number of amides is 1. The summed E-state index contributed by atoms with van der Waals surface area (Å²) in [6.45, 7) is 7.57. The van der Waals surface area contributed by atoms with Crippen molar-refractivity contribution in [3.63, 3.8) is 0 Å². The number of hydrogen-bond donors (Lipinski definition) is 0. The van der Waals surface area contributed by atoms with Crippen LogP contribution >= 0.6 is 0 Å². The van der Waals surface area contributed by atoms with E-state index in [2.05, 4.69) is 13.8 Å². The van der Waals surface area contributed by atoms with Gasteiger partial charge in [-0.05, 0) is 49.4 Å². The average Bonchev–Trinajstić information content (AvgIpc) is 2.44. The van der Waals surface area contributed by atoms with Crippen LogP contribution in [0.4, 0.5) is 0 Å². The van der Waals surface area contributed by atoms with Crippen molar-refractivity contribution in [3.8, 4) is 5.75 Å². The molecule has 21 heavy (non-hydrogen) atoms. The van der Waals surface area contributed by atoms with Crippen molar-refractivity contribution in [2.24, 2.45) is 11.8 Å². The number of benzene rings is 1. The first-order chi connectivity index (χ1) is 9.95. The van der Waals surface area contributed by atoms with Crippen molar-refractivity contribution in [3.05, 3.63) is 29.8 Å². The van der Waals surface area contributed by atoms with Crippen LogP contribution in [0.15, 0.2) is 24.3 Å². The smallest absolute Gasteiger partial charge is 0.260 e. The van der Waals surface area contributed by atoms with Gasteiger partial charge in [-0.2, -0.15) is 0 Å². The third-order valence-electron chi connectivity index (χ3n) is 3.84. The first-order valence-corrected chi connectivity index (χ1v) is 7.47. The van der Waals surface area contributed by atoms with Crippen LogP contribution < -0.4 is 4.74 Å². The van der Waals surface area contributed by atoms with Gasteiger partial charge in [0.15, 0.2) is 12.4 Å². The molecule has 1 aromatic rings. The molecule has 2 atom stereocenters. The summed E-state index contributed by atoms with van der Waals surface area (Å²) in [6, 6.07) is 6.89. The van der Waals surface area contributed by atoms with Crippen molar-refractivity contribution in [2.75, 3.05) is 19.7 Å². The van der Waals surface area contributed by atoms with Crippen molar-refractivity contribution in [1.29, 1.82) is 0 Å². The molecule has 114 valence electrons. The molecule has 1 aliphatic rings. The molecule has 1 amide bonds. The summed E-state index contributed by atoms with van der Waals surface area (Å²) in [7, 11) is 0. The SMILES string of the molecule is CC(=O)c1ccc(OCC(=O)N2C[C@H](C)C[C@@H](C)C2)cc1. The van der Waals surface area contributed by atoms with Crippen LogP contribution in [0.3, 0.4) is 0 Å². The minimum Gasteiger partial charge on any atom is -0.484 e. The van der Waals surface area contributed by atoms with Gasteiger partial charge < -0.3 is 9.64 Å². The summed E-state index contributed by atoms with van der Waals surface area (Å²) in [5.74, 6) is 1.77. The van der Waals surface area contributed by atoms with Gasteiger partial charge in [-0.3, -0.25) is 9.59 Å². The highest BCUT2D eigenvalue weighted by atomic mass is 16.5. The molecular formula is C17H23NO3. The Labute approximate surface area is 126 Å². The Morgan fingerprint density at radius 3 is 2.24 bits per heavy atom. The second-order valence-electron chi connectivity index (χ2n) is 6.11. The summed E-state index contributed by atoms with van der Waals surface area (Å²) < 4.78 is 5.52. The summed E-state index contributed by atoms with van der Waals surface area (Å²) >= 11 is 0. The van der Waals surface area contributed by atoms with E-state index in [4.69, 9.17) is 4.74 Å². The molecule has 4 heteroatoms. The molecule has 2 rings (SSSR count). The largest absolute Gasteiger partial charge is 0.484 e. The molecule has 0 spiro atoms. The fourth-order valence-corrected chi connectivity index (χ4v) is 2.89. The fourth-order valence-electron chi connectivity index (χ4n) is 2.89. The van der Waals surface area contributed by atoms with E-state index in [1.165, 1.54) is 13.3 Å². The maximum Gasteiger partial charge on any atom is 0.260 e. The van der Waals surface area contributed by atoms with Crippen LogP contribution in [0.2, 0.25) is 0 Å². The Kier molecular flexibility index (Phi) is 4.99.